The summed E-state index contributed by atoms with van der Waals surface area (Å²) < 4.78 is 5.33. The molecular weight excluding hydrogens is 250 g/mol. The predicted molar refractivity (Wildman–Crippen MR) is 79.9 cm³/mol. The van der Waals surface area contributed by atoms with E-state index in [1.807, 2.05) is 19.1 Å². The topological polar surface area (TPSA) is 61.0 Å². The van der Waals surface area contributed by atoms with Gasteiger partial charge in [0.25, 0.3) is 0 Å². The molecule has 4 heteroatoms. The molecule has 1 aromatic heterocycles. The maximum atomic E-state index is 6.26. The Bertz CT molecular complexity index is 692. The van der Waals surface area contributed by atoms with E-state index in [0.29, 0.717) is 0 Å². The monoisotopic (exact) mass is 269 g/mol. The smallest absolute Gasteiger partial charge is 0.142 e. The van der Waals surface area contributed by atoms with Crippen LogP contribution in [-0.2, 0) is 11.8 Å². The van der Waals surface area contributed by atoms with E-state index in [1.54, 1.807) is 13.4 Å². The van der Waals surface area contributed by atoms with Gasteiger partial charge in [0.2, 0.25) is 0 Å². The molecule has 0 fully saturated rings. The first-order valence-electron chi connectivity index (χ1n) is 6.73. The lowest BCUT2D eigenvalue weighted by molar-refractivity contribution is 0.415. The molecule has 0 radical (unpaired) electrons. The Morgan fingerprint density at radius 2 is 2.00 bits per heavy atom. The zero-order chi connectivity index (χ0) is 14.5. The highest BCUT2D eigenvalue weighted by Crippen LogP contribution is 2.46. The normalized spacial score (nSPS) is 15.4. The van der Waals surface area contributed by atoms with Gasteiger partial charge < -0.3 is 10.5 Å². The van der Waals surface area contributed by atoms with Crippen LogP contribution < -0.4 is 10.5 Å². The van der Waals surface area contributed by atoms with Crippen molar-refractivity contribution in [3.63, 3.8) is 0 Å². The molecule has 20 heavy (non-hydrogen) atoms. The number of nitrogen functional groups attached to an aromatic ring is 1. The van der Waals surface area contributed by atoms with Crippen molar-refractivity contribution in [1.29, 1.82) is 0 Å². The van der Waals surface area contributed by atoms with Gasteiger partial charge in [0.1, 0.15) is 12.1 Å². The van der Waals surface area contributed by atoms with Crippen LogP contribution in [0.15, 0.2) is 18.5 Å². The second-order valence-electron chi connectivity index (χ2n) is 5.95. The van der Waals surface area contributed by atoms with Crippen molar-refractivity contribution in [2.45, 2.75) is 32.6 Å². The Hall–Kier alpha value is -2.10. The van der Waals surface area contributed by atoms with Crippen LogP contribution in [0.3, 0.4) is 0 Å². The number of benzene rings is 1. The first-order valence-corrected chi connectivity index (χ1v) is 6.73. The van der Waals surface area contributed by atoms with Gasteiger partial charge in [0, 0.05) is 16.8 Å². The summed E-state index contributed by atoms with van der Waals surface area (Å²) in [4.78, 5) is 8.86. The van der Waals surface area contributed by atoms with Crippen LogP contribution in [0.1, 0.15) is 30.7 Å². The number of anilines is 1. The van der Waals surface area contributed by atoms with Gasteiger partial charge in [0.15, 0.2) is 0 Å². The highest BCUT2D eigenvalue weighted by molar-refractivity contribution is 5.79. The molecule has 4 nitrogen and oxygen atoms in total. The van der Waals surface area contributed by atoms with Gasteiger partial charge in [-0.05, 0) is 36.5 Å². The minimum absolute atomic E-state index is 0.0336. The van der Waals surface area contributed by atoms with E-state index in [2.05, 4.69) is 23.8 Å². The van der Waals surface area contributed by atoms with Crippen LogP contribution in [0.2, 0.25) is 0 Å². The number of hydrogen-bond donors (Lipinski definition) is 1. The van der Waals surface area contributed by atoms with E-state index in [4.69, 9.17) is 10.5 Å². The molecule has 1 aliphatic carbocycles. The standard InChI is InChI=1S/C16H19N3O/c1-9-13-15(19-8-18-9)10-5-6-12(20-4)14(17)11(10)7-16(13,2)3/h5-6,8H,7,17H2,1-4H3. The van der Waals surface area contributed by atoms with Gasteiger partial charge in [-0.1, -0.05) is 13.8 Å². The van der Waals surface area contributed by atoms with Crippen molar-refractivity contribution < 1.29 is 4.74 Å². The maximum Gasteiger partial charge on any atom is 0.142 e. The minimum Gasteiger partial charge on any atom is -0.495 e. The van der Waals surface area contributed by atoms with Crippen LogP contribution in [0.25, 0.3) is 11.3 Å². The average molecular weight is 269 g/mol. The van der Waals surface area contributed by atoms with E-state index in [0.717, 1.165) is 40.4 Å². The molecule has 0 saturated carbocycles. The fraction of sp³-hybridized carbons (Fsp3) is 0.375. The number of hydrogen-bond acceptors (Lipinski definition) is 4. The van der Waals surface area contributed by atoms with E-state index >= 15 is 0 Å². The summed E-state index contributed by atoms with van der Waals surface area (Å²) in [5.74, 6) is 0.730. The van der Waals surface area contributed by atoms with Crippen molar-refractivity contribution in [2.24, 2.45) is 0 Å². The summed E-state index contributed by atoms with van der Waals surface area (Å²) in [6.45, 7) is 6.47. The van der Waals surface area contributed by atoms with Crippen molar-refractivity contribution in [3.05, 3.63) is 35.3 Å². The van der Waals surface area contributed by atoms with Gasteiger partial charge in [-0.2, -0.15) is 0 Å². The lowest BCUT2D eigenvalue weighted by atomic mass is 9.71. The van der Waals surface area contributed by atoms with Crippen LogP contribution in [0, 0.1) is 6.92 Å². The number of aromatic nitrogens is 2. The predicted octanol–water partition coefficient (Wildman–Crippen LogP) is 2.88. The highest BCUT2D eigenvalue weighted by Gasteiger charge is 2.35. The molecule has 0 atom stereocenters. The largest absolute Gasteiger partial charge is 0.495 e. The molecule has 1 aliphatic rings. The second-order valence-corrected chi connectivity index (χ2v) is 5.95. The lowest BCUT2D eigenvalue weighted by Gasteiger charge is -2.35. The molecule has 0 saturated heterocycles. The minimum atomic E-state index is -0.0336. The van der Waals surface area contributed by atoms with Gasteiger partial charge in [-0.3, -0.25) is 0 Å². The molecule has 1 heterocycles. The van der Waals surface area contributed by atoms with E-state index in [-0.39, 0.29) is 5.41 Å². The fourth-order valence-electron chi connectivity index (χ4n) is 3.25. The van der Waals surface area contributed by atoms with Gasteiger partial charge in [0.05, 0.1) is 18.5 Å². The van der Waals surface area contributed by atoms with Crippen LogP contribution in [0.4, 0.5) is 5.69 Å². The van der Waals surface area contributed by atoms with Crippen molar-refractivity contribution >= 4 is 5.69 Å². The first kappa shape index (κ1) is 12.9. The average Bonchev–Trinajstić information content (AvgIpc) is 2.39. The number of nitrogens with zero attached hydrogens (tertiary/aromatic N) is 2. The molecule has 104 valence electrons. The number of nitrogens with two attached hydrogens (primary N) is 1. The molecule has 3 rings (SSSR count). The summed E-state index contributed by atoms with van der Waals surface area (Å²) in [5.41, 5.74) is 12.4. The Morgan fingerprint density at radius 3 is 2.70 bits per heavy atom. The van der Waals surface area contributed by atoms with Crippen LogP contribution in [0.5, 0.6) is 5.75 Å². The Balaban J connectivity index is 2.35. The molecule has 1 aromatic carbocycles. The summed E-state index contributed by atoms with van der Waals surface area (Å²) in [7, 11) is 1.65. The van der Waals surface area contributed by atoms with Crippen molar-refractivity contribution in [1.82, 2.24) is 9.97 Å². The fourth-order valence-corrected chi connectivity index (χ4v) is 3.25. The summed E-state index contributed by atoms with van der Waals surface area (Å²) in [5, 5.41) is 0. The van der Waals surface area contributed by atoms with E-state index in [9.17, 15) is 0 Å². The van der Waals surface area contributed by atoms with Crippen LogP contribution >= 0.6 is 0 Å². The molecule has 2 N–H and O–H groups in total. The Morgan fingerprint density at radius 1 is 1.25 bits per heavy atom. The first-order chi connectivity index (χ1) is 9.45. The Labute approximate surface area is 119 Å². The molecule has 0 bridgehead atoms. The number of aryl methyl sites for hydroxylation is 1. The van der Waals surface area contributed by atoms with Gasteiger partial charge in [-0.25, -0.2) is 9.97 Å². The SMILES string of the molecule is COc1ccc2c(c1N)CC(C)(C)c1c(C)ncnc1-2. The summed E-state index contributed by atoms with van der Waals surface area (Å²) in [6, 6.07) is 3.96. The third kappa shape index (κ3) is 1.68. The van der Waals surface area contributed by atoms with Gasteiger partial charge in [-0.15, -0.1) is 0 Å². The molecule has 0 aliphatic heterocycles. The number of rotatable bonds is 1. The van der Waals surface area contributed by atoms with Gasteiger partial charge >= 0.3 is 0 Å². The molecular formula is C16H19N3O. The van der Waals surface area contributed by atoms with Crippen molar-refractivity contribution in [2.75, 3.05) is 12.8 Å². The number of methoxy groups -OCH3 is 1. The number of ether oxygens (including phenoxy) is 1. The third-order valence-electron chi connectivity index (χ3n) is 4.12. The Kier molecular flexibility index (Phi) is 2.71. The molecule has 0 amide bonds. The van der Waals surface area contributed by atoms with E-state index in [1.165, 1.54) is 5.56 Å². The molecule has 0 unspecified atom stereocenters. The lowest BCUT2D eigenvalue weighted by Crippen LogP contribution is -2.28. The van der Waals surface area contributed by atoms with E-state index < -0.39 is 0 Å². The zero-order valence-electron chi connectivity index (χ0n) is 12.3. The van der Waals surface area contributed by atoms with Crippen molar-refractivity contribution in [3.8, 4) is 17.0 Å². The zero-order valence-corrected chi connectivity index (χ0v) is 12.3. The quantitative estimate of drug-likeness (QED) is 0.809. The summed E-state index contributed by atoms with van der Waals surface area (Å²) >= 11 is 0. The second kappa shape index (κ2) is 4.20. The maximum absolute atomic E-state index is 6.26. The molecule has 2 aromatic rings. The third-order valence-corrected chi connectivity index (χ3v) is 4.12. The van der Waals surface area contributed by atoms with Crippen LogP contribution in [-0.4, -0.2) is 17.1 Å². The number of fused-ring (bicyclic) bond motifs is 3. The highest BCUT2D eigenvalue weighted by atomic mass is 16.5. The summed E-state index contributed by atoms with van der Waals surface area (Å²) in [6.07, 6.45) is 2.49. The molecule has 0 spiro atoms.